The normalized spacial score (nSPS) is 20.9. The number of hydrogen-bond acceptors (Lipinski definition) is 4. The van der Waals surface area contributed by atoms with Gasteiger partial charge in [-0.2, -0.15) is 5.10 Å². The summed E-state index contributed by atoms with van der Waals surface area (Å²) in [7, 11) is 1.85. The molecule has 1 saturated heterocycles. The van der Waals surface area contributed by atoms with Crippen LogP contribution in [0.3, 0.4) is 0 Å². The molecule has 2 amide bonds. The molecule has 8 heteroatoms. The van der Waals surface area contributed by atoms with E-state index < -0.39 is 6.17 Å². The minimum Gasteiger partial charge on any atom is -0.336 e. The van der Waals surface area contributed by atoms with Gasteiger partial charge in [-0.1, -0.05) is 6.07 Å². The first-order chi connectivity index (χ1) is 11.6. The standard InChI is InChI=1S/C16H21FN6O/c1-22-9-12(7-20-22)10-23-11-13(17)6-14(23)8-19-16(24)21-15-4-2-3-5-18-15/h2-5,7,9,13-14H,6,8,10-11H2,1H3,(H2,18,19,21,24)/t13-,14-/m0/s1. The predicted octanol–water partition coefficient (Wildman–Crippen LogP) is 1.55. The van der Waals surface area contributed by atoms with E-state index in [9.17, 15) is 9.18 Å². The van der Waals surface area contributed by atoms with E-state index in [4.69, 9.17) is 0 Å². The Bertz CT molecular complexity index is 676. The highest BCUT2D eigenvalue weighted by Crippen LogP contribution is 2.22. The molecule has 0 bridgehead atoms. The van der Waals surface area contributed by atoms with Crippen LogP contribution in [0.1, 0.15) is 12.0 Å². The lowest BCUT2D eigenvalue weighted by molar-refractivity contribution is 0.224. The summed E-state index contributed by atoms with van der Waals surface area (Å²) in [4.78, 5) is 18.0. The molecule has 0 aliphatic carbocycles. The van der Waals surface area contributed by atoms with Gasteiger partial charge in [0.2, 0.25) is 0 Å². The van der Waals surface area contributed by atoms with Crippen LogP contribution in [0.15, 0.2) is 36.8 Å². The van der Waals surface area contributed by atoms with Gasteiger partial charge in [-0.3, -0.25) is 14.9 Å². The van der Waals surface area contributed by atoms with Crippen molar-refractivity contribution in [2.75, 3.05) is 18.4 Å². The number of carbonyl (C=O) groups is 1. The largest absolute Gasteiger partial charge is 0.336 e. The number of rotatable bonds is 5. The van der Waals surface area contributed by atoms with Crippen molar-refractivity contribution in [3.8, 4) is 0 Å². The maximum Gasteiger partial charge on any atom is 0.320 e. The molecule has 2 aromatic rings. The van der Waals surface area contributed by atoms with Gasteiger partial charge in [0.25, 0.3) is 0 Å². The van der Waals surface area contributed by atoms with Crippen LogP contribution in [0, 0.1) is 0 Å². The summed E-state index contributed by atoms with van der Waals surface area (Å²) in [5.74, 6) is 0.483. The summed E-state index contributed by atoms with van der Waals surface area (Å²) < 4.78 is 15.5. The minimum absolute atomic E-state index is 0.0327. The summed E-state index contributed by atoms with van der Waals surface area (Å²) in [6.07, 6.45) is 4.86. The van der Waals surface area contributed by atoms with Crippen LogP contribution in [-0.4, -0.2) is 51.0 Å². The lowest BCUT2D eigenvalue weighted by atomic mass is 10.2. The van der Waals surface area contributed by atoms with Crippen LogP contribution in [0.2, 0.25) is 0 Å². The molecule has 1 fully saturated rings. The summed E-state index contributed by atoms with van der Waals surface area (Å²) in [6.45, 7) is 1.39. The van der Waals surface area contributed by atoms with Crippen molar-refractivity contribution < 1.29 is 9.18 Å². The van der Waals surface area contributed by atoms with E-state index in [2.05, 4.69) is 20.7 Å². The molecule has 1 aliphatic rings. The fraction of sp³-hybridized carbons (Fsp3) is 0.438. The molecule has 2 atom stereocenters. The molecule has 7 nitrogen and oxygen atoms in total. The number of amides is 2. The minimum atomic E-state index is -0.868. The molecule has 0 radical (unpaired) electrons. The summed E-state index contributed by atoms with van der Waals surface area (Å²) in [5.41, 5.74) is 1.04. The Balaban J connectivity index is 1.51. The number of hydrogen-bond donors (Lipinski definition) is 2. The number of nitrogens with zero attached hydrogens (tertiary/aromatic N) is 4. The van der Waals surface area contributed by atoms with Crippen LogP contribution in [0.25, 0.3) is 0 Å². The number of pyridine rings is 1. The third kappa shape index (κ3) is 4.29. The number of carbonyl (C=O) groups excluding carboxylic acids is 1. The maximum atomic E-state index is 13.8. The highest BCUT2D eigenvalue weighted by Gasteiger charge is 2.32. The molecule has 0 unspecified atom stereocenters. The number of alkyl halides is 1. The number of urea groups is 1. The Kier molecular flexibility index (Phi) is 5.05. The van der Waals surface area contributed by atoms with E-state index >= 15 is 0 Å². The highest BCUT2D eigenvalue weighted by molar-refractivity contribution is 5.88. The Morgan fingerprint density at radius 3 is 3.04 bits per heavy atom. The van der Waals surface area contributed by atoms with Crippen molar-refractivity contribution in [1.29, 1.82) is 0 Å². The quantitative estimate of drug-likeness (QED) is 0.871. The number of aryl methyl sites for hydroxylation is 1. The molecular formula is C16H21FN6O. The second-order valence-electron chi connectivity index (χ2n) is 5.99. The molecule has 3 rings (SSSR count). The van der Waals surface area contributed by atoms with Gasteiger partial charge in [-0.15, -0.1) is 0 Å². The Labute approximate surface area is 139 Å². The third-order valence-electron chi connectivity index (χ3n) is 4.03. The second-order valence-corrected chi connectivity index (χ2v) is 5.99. The van der Waals surface area contributed by atoms with Crippen LogP contribution < -0.4 is 10.6 Å². The van der Waals surface area contributed by atoms with Gasteiger partial charge >= 0.3 is 6.03 Å². The third-order valence-corrected chi connectivity index (χ3v) is 4.03. The molecule has 128 valence electrons. The van der Waals surface area contributed by atoms with Gasteiger partial charge in [0.15, 0.2) is 0 Å². The lowest BCUT2D eigenvalue weighted by Crippen LogP contribution is -2.41. The first-order valence-electron chi connectivity index (χ1n) is 7.91. The van der Waals surface area contributed by atoms with E-state index in [1.165, 1.54) is 0 Å². The van der Waals surface area contributed by atoms with Gasteiger partial charge in [0.05, 0.1) is 6.20 Å². The fourth-order valence-corrected chi connectivity index (χ4v) is 2.92. The van der Waals surface area contributed by atoms with Crippen molar-refractivity contribution in [1.82, 2.24) is 25.0 Å². The van der Waals surface area contributed by atoms with Crippen molar-refractivity contribution in [2.24, 2.45) is 7.05 Å². The van der Waals surface area contributed by atoms with Crippen molar-refractivity contribution in [2.45, 2.75) is 25.2 Å². The van der Waals surface area contributed by atoms with Gasteiger partial charge in [-0.05, 0) is 18.6 Å². The van der Waals surface area contributed by atoms with E-state index in [0.29, 0.717) is 31.9 Å². The number of likely N-dealkylation sites (tertiary alicyclic amines) is 1. The monoisotopic (exact) mass is 332 g/mol. The zero-order valence-electron chi connectivity index (χ0n) is 13.5. The molecule has 2 N–H and O–H groups in total. The van der Waals surface area contributed by atoms with Crippen molar-refractivity contribution in [3.63, 3.8) is 0 Å². The Morgan fingerprint density at radius 2 is 2.33 bits per heavy atom. The zero-order valence-corrected chi connectivity index (χ0v) is 13.5. The lowest BCUT2D eigenvalue weighted by Gasteiger charge is -2.23. The van der Waals surface area contributed by atoms with Crippen LogP contribution in [0.5, 0.6) is 0 Å². The number of nitrogens with one attached hydrogen (secondary N) is 2. The fourth-order valence-electron chi connectivity index (χ4n) is 2.92. The van der Waals surface area contributed by atoms with E-state index in [1.54, 1.807) is 35.3 Å². The van der Waals surface area contributed by atoms with Crippen LogP contribution in [-0.2, 0) is 13.6 Å². The molecule has 24 heavy (non-hydrogen) atoms. The van der Waals surface area contributed by atoms with Gasteiger partial charge in [-0.25, -0.2) is 14.2 Å². The SMILES string of the molecule is Cn1cc(CN2C[C@@H](F)C[C@H]2CNC(=O)Nc2ccccn2)cn1. The van der Waals surface area contributed by atoms with Gasteiger partial charge < -0.3 is 5.32 Å². The molecule has 2 aromatic heterocycles. The van der Waals surface area contributed by atoms with E-state index in [1.807, 2.05) is 18.1 Å². The van der Waals surface area contributed by atoms with Crippen LogP contribution >= 0.6 is 0 Å². The smallest absolute Gasteiger partial charge is 0.320 e. The Hall–Kier alpha value is -2.48. The molecule has 3 heterocycles. The Morgan fingerprint density at radius 1 is 1.46 bits per heavy atom. The van der Waals surface area contributed by atoms with Gasteiger partial charge in [0.1, 0.15) is 12.0 Å². The van der Waals surface area contributed by atoms with Crippen molar-refractivity contribution >= 4 is 11.8 Å². The zero-order chi connectivity index (χ0) is 16.9. The predicted molar refractivity (Wildman–Crippen MR) is 88.2 cm³/mol. The average Bonchev–Trinajstić information content (AvgIpc) is 3.12. The summed E-state index contributed by atoms with van der Waals surface area (Å²) in [6, 6.07) is 4.91. The second kappa shape index (κ2) is 7.39. The van der Waals surface area contributed by atoms with E-state index in [-0.39, 0.29) is 12.1 Å². The molecular weight excluding hydrogens is 311 g/mol. The molecule has 1 aliphatic heterocycles. The molecule has 0 aromatic carbocycles. The average molecular weight is 332 g/mol. The van der Waals surface area contributed by atoms with Gasteiger partial charge in [0, 0.05) is 50.7 Å². The summed E-state index contributed by atoms with van der Waals surface area (Å²) in [5, 5.41) is 9.59. The van der Waals surface area contributed by atoms with Crippen LogP contribution in [0.4, 0.5) is 15.0 Å². The molecule has 0 saturated carbocycles. The van der Waals surface area contributed by atoms with E-state index in [0.717, 1.165) is 5.56 Å². The maximum absolute atomic E-state index is 13.8. The first-order valence-corrected chi connectivity index (χ1v) is 7.91. The topological polar surface area (TPSA) is 75.1 Å². The number of anilines is 1. The highest BCUT2D eigenvalue weighted by atomic mass is 19.1. The summed E-state index contributed by atoms with van der Waals surface area (Å²) >= 11 is 0. The van der Waals surface area contributed by atoms with Crippen molar-refractivity contribution in [3.05, 3.63) is 42.4 Å². The number of halogens is 1. The number of aromatic nitrogens is 3. The molecule has 0 spiro atoms. The first kappa shape index (κ1) is 16.4.